The lowest BCUT2D eigenvalue weighted by molar-refractivity contribution is -0.145. The minimum atomic E-state index is -2.67. The van der Waals surface area contributed by atoms with E-state index in [-0.39, 0.29) is 27.3 Å². The molecule has 2 atom stereocenters. The first-order valence-corrected chi connectivity index (χ1v) is 19.8. The number of hydrogen-bond donors (Lipinski definition) is 0. The van der Waals surface area contributed by atoms with Crippen molar-refractivity contribution >= 4 is 48.9 Å². The Morgan fingerprint density at radius 3 is 1.77 bits per heavy atom. The number of benzene rings is 2. The van der Waals surface area contributed by atoms with Crippen molar-refractivity contribution in [3.05, 3.63) is 72.3 Å². The molecule has 0 N–H and O–H groups in total. The SMILES string of the molecule is C/C(=C/[C@@H](OC(=O)CBr)[C@H](C)CO[Si](C)(C)C(C)(C)C)CO[Si](c1ccccc1)(c1ccccc1)C(C)(C)C. The van der Waals surface area contributed by atoms with Gasteiger partial charge in [0.1, 0.15) is 11.4 Å². The number of alkyl halides is 1. The lowest BCUT2D eigenvalue weighted by Crippen LogP contribution is -2.66. The van der Waals surface area contributed by atoms with E-state index in [2.05, 4.69) is 151 Å². The van der Waals surface area contributed by atoms with Crippen LogP contribution >= 0.6 is 15.9 Å². The van der Waals surface area contributed by atoms with Crippen molar-refractivity contribution in [3.63, 3.8) is 0 Å². The summed E-state index contributed by atoms with van der Waals surface area (Å²) in [7, 11) is -4.59. The number of halogens is 1. The smallest absolute Gasteiger partial charge is 0.317 e. The third-order valence-corrected chi connectivity index (χ3v) is 17.8. The van der Waals surface area contributed by atoms with E-state index in [4.69, 9.17) is 13.6 Å². The van der Waals surface area contributed by atoms with Gasteiger partial charge in [-0.05, 0) is 52.1 Å². The van der Waals surface area contributed by atoms with Crippen molar-refractivity contribution in [2.75, 3.05) is 18.5 Å². The highest BCUT2D eigenvalue weighted by Gasteiger charge is 2.50. The van der Waals surface area contributed by atoms with E-state index < -0.39 is 22.7 Å². The van der Waals surface area contributed by atoms with E-state index in [1.165, 1.54) is 10.4 Å². The monoisotopic (exact) mass is 632 g/mol. The van der Waals surface area contributed by atoms with Gasteiger partial charge in [0.2, 0.25) is 0 Å². The number of carbonyl (C=O) groups excluding carboxylic acids is 1. The Morgan fingerprint density at radius 2 is 1.36 bits per heavy atom. The Kier molecular flexibility index (Phi) is 12.0. The quantitative estimate of drug-likeness (QED) is 0.105. The van der Waals surface area contributed by atoms with E-state index in [1.54, 1.807) is 0 Å². The predicted octanol–water partition coefficient (Wildman–Crippen LogP) is 7.47. The van der Waals surface area contributed by atoms with Crippen molar-refractivity contribution in [3.8, 4) is 0 Å². The summed E-state index contributed by atoms with van der Waals surface area (Å²) in [5, 5.41) is 2.65. The molecule has 216 valence electrons. The summed E-state index contributed by atoms with van der Waals surface area (Å²) in [6.07, 6.45) is 1.65. The third-order valence-electron chi connectivity index (χ3n) is 7.83. The zero-order valence-electron chi connectivity index (χ0n) is 25.6. The Balaban J connectivity index is 2.39. The minimum Gasteiger partial charge on any atom is -0.457 e. The summed E-state index contributed by atoms with van der Waals surface area (Å²) >= 11 is 3.25. The molecule has 0 aliphatic carbocycles. The molecule has 0 aromatic heterocycles. The van der Waals surface area contributed by atoms with Gasteiger partial charge in [-0.25, -0.2) is 0 Å². The molecular weight excluding hydrogens is 584 g/mol. The molecule has 0 bridgehead atoms. The van der Waals surface area contributed by atoms with Crippen molar-refractivity contribution in [2.24, 2.45) is 5.92 Å². The van der Waals surface area contributed by atoms with Gasteiger partial charge in [-0.3, -0.25) is 4.79 Å². The van der Waals surface area contributed by atoms with E-state index >= 15 is 0 Å². The topological polar surface area (TPSA) is 44.8 Å². The maximum Gasteiger partial charge on any atom is 0.317 e. The normalized spacial score (nSPS) is 15.1. The van der Waals surface area contributed by atoms with Crippen LogP contribution in [-0.2, 0) is 18.4 Å². The Hall–Kier alpha value is -1.52. The number of carbonyl (C=O) groups is 1. The van der Waals surface area contributed by atoms with Crippen LogP contribution in [0, 0.1) is 5.92 Å². The van der Waals surface area contributed by atoms with Gasteiger partial charge >= 0.3 is 5.97 Å². The van der Waals surface area contributed by atoms with Crippen LogP contribution in [0.3, 0.4) is 0 Å². The van der Waals surface area contributed by atoms with Gasteiger partial charge in [-0.1, -0.05) is 125 Å². The van der Waals surface area contributed by atoms with Crippen LogP contribution in [0.5, 0.6) is 0 Å². The first kappa shape index (κ1) is 33.7. The number of esters is 1. The van der Waals surface area contributed by atoms with Crippen LogP contribution in [0.25, 0.3) is 0 Å². The van der Waals surface area contributed by atoms with Crippen LogP contribution in [0.1, 0.15) is 55.4 Å². The van der Waals surface area contributed by atoms with Gasteiger partial charge in [-0.15, -0.1) is 0 Å². The van der Waals surface area contributed by atoms with Gasteiger partial charge in [0.15, 0.2) is 8.32 Å². The van der Waals surface area contributed by atoms with E-state index in [9.17, 15) is 4.79 Å². The first-order valence-electron chi connectivity index (χ1n) is 13.9. The molecule has 7 heteroatoms. The average Bonchev–Trinajstić information content (AvgIpc) is 2.87. The summed E-state index contributed by atoms with van der Waals surface area (Å²) in [4.78, 5) is 12.3. The van der Waals surface area contributed by atoms with Crippen molar-refractivity contribution in [1.82, 2.24) is 0 Å². The number of rotatable bonds is 12. The minimum absolute atomic E-state index is 0.00457. The van der Waals surface area contributed by atoms with Gasteiger partial charge in [-0.2, -0.15) is 0 Å². The maximum absolute atomic E-state index is 12.3. The molecule has 0 radical (unpaired) electrons. The highest BCUT2D eigenvalue weighted by molar-refractivity contribution is 9.09. The molecule has 0 unspecified atom stereocenters. The highest BCUT2D eigenvalue weighted by Crippen LogP contribution is 2.38. The molecule has 39 heavy (non-hydrogen) atoms. The standard InChI is InChI=1S/C32H49BrO4Si2/c1-25(21-29(37-30(34)22-33)26(2)24-35-38(9,10)31(3,4)5)23-36-39(32(6,7)8,27-17-13-11-14-18-27)28-19-15-12-16-20-28/h11-21,26,29H,22-24H2,1-10H3/b25-21-/t26-,29-/m1/s1. The zero-order chi connectivity index (χ0) is 29.5. The molecule has 0 aliphatic heterocycles. The molecule has 0 saturated carbocycles. The third kappa shape index (κ3) is 8.73. The van der Waals surface area contributed by atoms with E-state index in [1.807, 2.05) is 0 Å². The van der Waals surface area contributed by atoms with E-state index in [0.717, 1.165) is 5.57 Å². The Labute approximate surface area is 247 Å². The van der Waals surface area contributed by atoms with Crippen molar-refractivity contribution in [1.29, 1.82) is 0 Å². The zero-order valence-corrected chi connectivity index (χ0v) is 29.2. The second kappa shape index (κ2) is 13.9. The molecule has 0 aliphatic rings. The Bertz CT molecular complexity index is 1030. The van der Waals surface area contributed by atoms with Gasteiger partial charge in [0.25, 0.3) is 8.32 Å². The van der Waals surface area contributed by atoms with Crippen LogP contribution < -0.4 is 10.4 Å². The number of hydrogen-bond acceptors (Lipinski definition) is 4. The number of ether oxygens (including phenoxy) is 1. The summed E-state index contributed by atoms with van der Waals surface area (Å²) < 4.78 is 19.5. The summed E-state index contributed by atoms with van der Waals surface area (Å²) in [6, 6.07) is 21.3. The van der Waals surface area contributed by atoms with Gasteiger partial charge in [0, 0.05) is 12.5 Å². The highest BCUT2D eigenvalue weighted by atomic mass is 79.9. The molecule has 0 spiro atoms. The molecule has 0 fully saturated rings. The fourth-order valence-electron chi connectivity index (χ4n) is 4.46. The molecular formula is C32H49BrO4Si2. The van der Waals surface area contributed by atoms with Crippen LogP contribution in [0.15, 0.2) is 72.3 Å². The van der Waals surface area contributed by atoms with Gasteiger partial charge < -0.3 is 13.6 Å². The van der Waals surface area contributed by atoms with Crippen LogP contribution in [0.4, 0.5) is 0 Å². The molecule has 0 saturated heterocycles. The summed E-state index contributed by atoms with van der Waals surface area (Å²) in [5.41, 5.74) is 1.04. The molecule has 4 nitrogen and oxygen atoms in total. The summed E-state index contributed by atoms with van der Waals surface area (Å²) in [6.45, 7) is 23.2. The average molecular weight is 634 g/mol. The van der Waals surface area contributed by atoms with E-state index in [0.29, 0.717) is 13.2 Å². The predicted molar refractivity (Wildman–Crippen MR) is 173 cm³/mol. The van der Waals surface area contributed by atoms with Crippen LogP contribution in [-0.4, -0.2) is 47.3 Å². The van der Waals surface area contributed by atoms with Crippen molar-refractivity contribution < 1.29 is 18.4 Å². The fourth-order valence-corrected chi connectivity index (χ4v) is 10.3. The van der Waals surface area contributed by atoms with Crippen molar-refractivity contribution in [2.45, 2.75) is 84.7 Å². The summed E-state index contributed by atoms with van der Waals surface area (Å²) in [5.74, 6) is -0.277. The largest absolute Gasteiger partial charge is 0.457 e. The molecule has 2 rings (SSSR count). The lowest BCUT2D eigenvalue weighted by Gasteiger charge is -2.43. The fraction of sp³-hybridized carbons (Fsp3) is 0.531. The van der Waals surface area contributed by atoms with Gasteiger partial charge in [0.05, 0.1) is 6.61 Å². The second-order valence-electron chi connectivity index (χ2n) is 13.1. The first-order chi connectivity index (χ1) is 18.0. The molecule has 0 heterocycles. The molecule has 0 amide bonds. The Morgan fingerprint density at radius 1 is 0.872 bits per heavy atom. The maximum atomic E-state index is 12.3. The molecule has 2 aromatic rings. The lowest BCUT2D eigenvalue weighted by atomic mass is 10.0. The van der Waals surface area contributed by atoms with Crippen LogP contribution in [0.2, 0.25) is 23.2 Å². The second-order valence-corrected chi connectivity index (χ2v) is 22.8. The molecule has 2 aromatic carbocycles.